The molecule has 0 bridgehead atoms. The van der Waals surface area contributed by atoms with Crippen molar-refractivity contribution in [3.05, 3.63) is 59.7 Å². The second kappa shape index (κ2) is 5.28. The van der Waals surface area contributed by atoms with E-state index in [9.17, 15) is 4.79 Å². The van der Waals surface area contributed by atoms with Crippen LogP contribution in [0.2, 0.25) is 0 Å². The summed E-state index contributed by atoms with van der Waals surface area (Å²) in [5, 5.41) is 9.92. The lowest BCUT2D eigenvalue weighted by Crippen LogP contribution is -1.96. The summed E-state index contributed by atoms with van der Waals surface area (Å²) in [6.45, 7) is 1.97. The number of fused-ring (bicyclic) bond motifs is 1. The molecule has 1 aromatic carbocycles. The fourth-order valence-corrected chi connectivity index (χ4v) is 2.07. The highest BCUT2D eigenvalue weighted by Crippen LogP contribution is 2.21. The molecule has 0 aliphatic heterocycles. The third kappa shape index (κ3) is 2.72. The largest absolute Gasteiger partial charge is 0.489 e. The van der Waals surface area contributed by atoms with Gasteiger partial charge in [0.2, 0.25) is 5.76 Å². The first kappa shape index (κ1) is 13.2. The van der Waals surface area contributed by atoms with E-state index < -0.39 is 5.97 Å². The Labute approximate surface area is 120 Å². The molecular formula is C16H13NO4. The molecule has 0 atom stereocenters. The number of carboxylic acid groups (broad SMARTS) is 1. The Morgan fingerprint density at radius 1 is 1.33 bits per heavy atom. The molecule has 0 unspecified atom stereocenters. The number of nitrogens with zero attached hydrogens (tertiary/aromatic N) is 1. The van der Waals surface area contributed by atoms with E-state index in [-0.39, 0.29) is 12.4 Å². The summed E-state index contributed by atoms with van der Waals surface area (Å²) < 4.78 is 10.8. The van der Waals surface area contributed by atoms with Crippen molar-refractivity contribution in [2.24, 2.45) is 0 Å². The summed E-state index contributed by atoms with van der Waals surface area (Å²) in [6.07, 6.45) is 1.73. The third-order valence-corrected chi connectivity index (χ3v) is 3.20. The molecule has 106 valence electrons. The zero-order valence-electron chi connectivity index (χ0n) is 11.4. The van der Waals surface area contributed by atoms with Crippen LogP contribution >= 0.6 is 0 Å². The van der Waals surface area contributed by atoms with E-state index in [4.69, 9.17) is 14.3 Å². The SMILES string of the molecule is Cc1oc(C(=O)O)cc1COc1ccc2cccnc2c1. The summed E-state index contributed by atoms with van der Waals surface area (Å²) in [7, 11) is 0. The van der Waals surface area contributed by atoms with Gasteiger partial charge in [-0.05, 0) is 31.2 Å². The highest BCUT2D eigenvalue weighted by Gasteiger charge is 2.13. The van der Waals surface area contributed by atoms with Crippen molar-refractivity contribution < 1.29 is 19.1 Å². The summed E-state index contributed by atoms with van der Waals surface area (Å²) in [6, 6.07) is 11.0. The van der Waals surface area contributed by atoms with E-state index in [0.717, 1.165) is 10.9 Å². The topological polar surface area (TPSA) is 72.6 Å². The molecule has 0 fully saturated rings. The first-order chi connectivity index (χ1) is 10.1. The van der Waals surface area contributed by atoms with Crippen molar-refractivity contribution >= 4 is 16.9 Å². The maximum absolute atomic E-state index is 10.8. The Balaban J connectivity index is 1.78. The summed E-state index contributed by atoms with van der Waals surface area (Å²) in [5.41, 5.74) is 1.57. The Morgan fingerprint density at radius 2 is 2.19 bits per heavy atom. The van der Waals surface area contributed by atoms with Crippen LogP contribution in [-0.4, -0.2) is 16.1 Å². The average molecular weight is 283 g/mol. The van der Waals surface area contributed by atoms with Gasteiger partial charge in [-0.3, -0.25) is 4.98 Å². The molecule has 0 saturated heterocycles. The zero-order chi connectivity index (χ0) is 14.8. The van der Waals surface area contributed by atoms with Crippen LogP contribution in [0, 0.1) is 6.92 Å². The highest BCUT2D eigenvalue weighted by molar-refractivity contribution is 5.84. The van der Waals surface area contributed by atoms with E-state index in [0.29, 0.717) is 17.1 Å². The van der Waals surface area contributed by atoms with Crippen LogP contribution < -0.4 is 4.74 Å². The molecule has 5 heteroatoms. The van der Waals surface area contributed by atoms with Gasteiger partial charge in [-0.2, -0.15) is 0 Å². The van der Waals surface area contributed by atoms with Gasteiger partial charge in [-0.1, -0.05) is 6.07 Å². The van der Waals surface area contributed by atoms with E-state index in [1.54, 1.807) is 13.1 Å². The van der Waals surface area contributed by atoms with Gasteiger partial charge in [-0.25, -0.2) is 4.79 Å². The number of ether oxygens (including phenoxy) is 1. The molecular weight excluding hydrogens is 270 g/mol. The first-order valence-corrected chi connectivity index (χ1v) is 6.43. The highest BCUT2D eigenvalue weighted by atomic mass is 16.5. The molecule has 0 saturated carbocycles. The quantitative estimate of drug-likeness (QED) is 0.794. The number of aryl methyl sites for hydroxylation is 1. The van der Waals surface area contributed by atoms with E-state index in [1.807, 2.05) is 30.3 Å². The Morgan fingerprint density at radius 3 is 2.95 bits per heavy atom. The summed E-state index contributed by atoms with van der Waals surface area (Å²) in [4.78, 5) is 15.1. The zero-order valence-corrected chi connectivity index (χ0v) is 11.4. The number of pyridine rings is 1. The predicted molar refractivity (Wildman–Crippen MR) is 76.5 cm³/mol. The molecule has 0 radical (unpaired) electrons. The molecule has 2 aromatic heterocycles. The normalized spacial score (nSPS) is 10.7. The lowest BCUT2D eigenvalue weighted by Gasteiger charge is -2.06. The van der Waals surface area contributed by atoms with Crippen LogP contribution in [0.5, 0.6) is 5.75 Å². The number of carboxylic acids is 1. The fourth-order valence-electron chi connectivity index (χ4n) is 2.07. The molecule has 0 aliphatic carbocycles. The van der Waals surface area contributed by atoms with Gasteiger partial charge in [0, 0.05) is 23.2 Å². The maximum Gasteiger partial charge on any atom is 0.371 e. The van der Waals surface area contributed by atoms with E-state index in [1.165, 1.54) is 6.07 Å². The van der Waals surface area contributed by atoms with Crippen LogP contribution in [0.1, 0.15) is 21.9 Å². The standard InChI is InChI=1S/C16H13NO4/c1-10-12(7-15(21-10)16(18)19)9-20-13-5-4-11-3-2-6-17-14(11)8-13/h2-8H,9H2,1H3,(H,18,19). The lowest BCUT2D eigenvalue weighted by molar-refractivity contribution is 0.0661. The van der Waals surface area contributed by atoms with Crippen molar-refractivity contribution in [1.82, 2.24) is 4.98 Å². The molecule has 5 nitrogen and oxygen atoms in total. The average Bonchev–Trinajstić information content (AvgIpc) is 2.86. The molecule has 0 aliphatic rings. The van der Waals surface area contributed by atoms with Crippen LogP contribution in [-0.2, 0) is 6.61 Å². The minimum Gasteiger partial charge on any atom is -0.489 e. The van der Waals surface area contributed by atoms with Crippen LogP contribution in [0.3, 0.4) is 0 Å². The summed E-state index contributed by atoms with van der Waals surface area (Å²) in [5.74, 6) is 0.0653. The molecule has 21 heavy (non-hydrogen) atoms. The van der Waals surface area contributed by atoms with Crippen molar-refractivity contribution in [2.75, 3.05) is 0 Å². The number of hydrogen-bond donors (Lipinski definition) is 1. The monoisotopic (exact) mass is 283 g/mol. The van der Waals surface area contributed by atoms with E-state index >= 15 is 0 Å². The minimum atomic E-state index is -1.08. The van der Waals surface area contributed by atoms with Crippen LogP contribution in [0.25, 0.3) is 10.9 Å². The molecule has 0 amide bonds. The molecule has 2 heterocycles. The van der Waals surface area contributed by atoms with Crippen molar-refractivity contribution in [3.63, 3.8) is 0 Å². The van der Waals surface area contributed by atoms with Gasteiger partial charge in [0.05, 0.1) is 5.52 Å². The van der Waals surface area contributed by atoms with Gasteiger partial charge in [0.1, 0.15) is 18.1 Å². The maximum atomic E-state index is 10.8. The van der Waals surface area contributed by atoms with Gasteiger partial charge in [-0.15, -0.1) is 0 Å². The van der Waals surface area contributed by atoms with E-state index in [2.05, 4.69) is 4.98 Å². The fraction of sp³-hybridized carbons (Fsp3) is 0.125. The molecule has 3 rings (SSSR count). The summed E-state index contributed by atoms with van der Waals surface area (Å²) >= 11 is 0. The number of aromatic nitrogens is 1. The number of aromatic carboxylic acids is 1. The number of rotatable bonds is 4. The van der Waals surface area contributed by atoms with Crippen molar-refractivity contribution in [1.29, 1.82) is 0 Å². The Kier molecular flexibility index (Phi) is 3.31. The molecule has 1 N–H and O–H groups in total. The number of benzene rings is 1. The number of hydrogen-bond acceptors (Lipinski definition) is 4. The van der Waals surface area contributed by atoms with Crippen molar-refractivity contribution in [3.8, 4) is 5.75 Å². The first-order valence-electron chi connectivity index (χ1n) is 6.43. The van der Waals surface area contributed by atoms with Crippen LogP contribution in [0.4, 0.5) is 0 Å². The predicted octanol–water partition coefficient (Wildman–Crippen LogP) is 3.41. The van der Waals surface area contributed by atoms with Gasteiger partial charge in [0.25, 0.3) is 0 Å². The lowest BCUT2D eigenvalue weighted by atomic mass is 10.2. The second-order valence-corrected chi connectivity index (χ2v) is 4.64. The Hall–Kier alpha value is -2.82. The van der Waals surface area contributed by atoms with Crippen LogP contribution in [0.15, 0.2) is 47.0 Å². The molecule has 0 spiro atoms. The number of carbonyl (C=O) groups is 1. The van der Waals surface area contributed by atoms with Crippen molar-refractivity contribution in [2.45, 2.75) is 13.5 Å². The van der Waals surface area contributed by atoms with Gasteiger partial charge < -0.3 is 14.3 Å². The number of furan rings is 1. The second-order valence-electron chi connectivity index (χ2n) is 4.64. The Bertz CT molecular complexity index is 807. The van der Waals surface area contributed by atoms with Gasteiger partial charge in [0.15, 0.2) is 0 Å². The smallest absolute Gasteiger partial charge is 0.371 e. The third-order valence-electron chi connectivity index (χ3n) is 3.20. The minimum absolute atomic E-state index is 0.0775. The molecule has 3 aromatic rings. The van der Waals surface area contributed by atoms with Gasteiger partial charge >= 0.3 is 5.97 Å².